The highest BCUT2D eigenvalue weighted by atomic mass is 79.9. The molecule has 0 unspecified atom stereocenters. The molecular weight excluding hydrogens is 371 g/mol. The molecule has 0 fully saturated rings. The highest BCUT2D eigenvalue weighted by molar-refractivity contribution is 9.11. The summed E-state index contributed by atoms with van der Waals surface area (Å²) in [4.78, 5) is 12.0. The van der Waals surface area contributed by atoms with E-state index in [9.17, 15) is 26.4 Å². The molecule has 106 valence electrons. The van der Waals surface area contributed by atoms with Crippen LogP contribution in [0.4, 0.5) is 13.2 Å². The minimum Gasteiger partial charge on any atom is -0.329 e. The first-order valence-electron chi connectivity index (χ1n) is 4.98. The molecule has 10 heteroatoms. The predicted octanol–water partition coefficient (Wildman–Crippen LogP) is 2.19. The summed E-state index contributed by atoms with van der Waals surface area (Å²) in [5, 5.41) is 0. The topological polar surface area (TPSA) is 54.5 Å². The summed E-state index contributed by atoms with van der Waals surface area (Å²) in [7, 11) is -3.65. The molecule has 2 heterocycles. The predicted molar refractivity (Wildman–Crippen MR) is 65.5 cm³/mol. The molecule has 0 saturated carbocycles. The zero-order valence-corrected chi connectivity index (χ0v) is 12.4. The fourth-order valence-corrected chi connectivity index (χ4v) is 5.43. The van der Waals surface area contributed by atoms with Crippen molar-refractivity contribution in [3.8, 4) is 0 Å². The summed E-state index contributed by atoms with van der Waals surface area (Å²) in [6.45, 7) is -0.803. The molecule has 0 radical (unpaired) electrons. The van der Waals surface area contributed by atoms with Crippen LogP contribution in [0.1, 0.15) is 4.88 Å². The fraction of sp³-hybridized carbons (Fsp3) is 0.444. The van der Waals surface area contributed by atoms with Gasteiger partial charge in [0.25, 0.3) is 0 Å². The van der Waals surface area contributed by atoms with Crippen molar-refractivity contribution in [3.05, 3.63) is 14.7 Å². The Hall–Kier alpha value is -0.610. The van der Waals surface area contributed by atoms with Crippen LogP contribution in [0, 0.1) is 0 Å². The maximum atomic E-state index is 12.4. The van der Waals surface area contributed by atoms with Gasteiger partial charge in [0.05, 0.1) is 21.0 Å². The van der Waals surface area contributed by atoms with E-state index >= 15 is 0 Å². The third kappa shape index (κ3) is 2.95. The van der Waals surface area contributed by atoms with Crippen molar-refractivity contribution in [1.29, 1.82) is 0 Å². The maximum Gasteiger partial charge on any atom is 0.471 e. The molecule has 19 heavy (non-hydrogen) atoms. The van der Waals surface area contributed by atoms with Crippen LogP contribution in [0.2, 0.25) is 0 Å². The average molecular weight is 378 g/mol. The number of thiophene rings is 1. The van der Waals surface area contributed by atoms with Gasteiger partial charge < -0.3 is 4.90 Å². The van der Waals surface area contributed by atoms with Crippen LogP contribution in [-0.2, 0) is 21.2 Å². The minimum atomic E-state index is -5.00. The quantitative estimate of drug-likeness (QED) is 0.696. The Bertz CT molecular complexity index is 623. The van der Waals surface area contributed by atoms with E-state index in [0.717, 1.165) is 11.3 Å². The number of amides is 1. The number of hydrogen-bond acceptors (Lipinski definition) is 4. The lowest BCUT2D eigenvalue weighted by Crippen LogP contribution is -2.41. The van der Waals surface area contributed by atoms with E-state index in [0.29, 0.717) is 8.69 Å². The monoisotopic (exact) mass is 377 g/mol. The second kappa shape index (κ2) is 4.74. The SMILES string of the molecule is O=C(N1CCS(=O)(=O)c2cc(Br)sc2C1)C(F)(F)F. The number of hydrogen-bond donors (Lipinski definition) is 0. The Morgan fingerprint density at radius 2 is 2.05 bits per heavy atom. The molecule has 2 rings (SSSR count). The molecule has 0 spiro atoms. The van der Waals surface area contributed by atoms with Gasteiger partial charge in [-0.1, -0.05) is 0 Å². The molecule has 1 aromatic rings. The molecule has 0 atom stereocenters. The van der Waals surface area contributed by atoms with Crippen LogP contribution < -0.4 is 0 Å². The molecule has 0 aliphatic carbocycles. The zero-order valence-electron chi connectivity index (χ0n) is 9.20. The Labute approximate surface area is 119 Å². The Balaban J connectivity index is 2.40. The smallest absolute Gasteiger partial charge is 0.329 e. The van der Waals surface area contributed by atoms with Crippen molar-refractivity contribution in [2.75, 3.05) is 12.3 Å². The third-order valence-corrected chi connectivity index (χ3v) is 6.08. The summed E-state index contributed by atoms with van der Waals surface area (Å²) in [6, 6.07) is 1.36. The molecule has 1 aliphatic rings. The number of rotatable bonds is 0. The lowest BCUT2D eigenvalue weighted by molar-refractivity contribution is -0.185. The largest absolute Gasteiger partial charge is 0.471 e. The Morgan fingerprint density at radius 3 is 2.63 bits per heavy atom. The normalized spacial score (nSPS) is 18.8. The van der Waals surface area contributed by atoms with Gasteiger partial charge in [-0.3, -0.25) is 4.79 Å². The Morgan fingerprint density at radius 1 is 1.42 bits per heavy atom. The van der Waals surface area contributed by atoms with Crippen molar-refractivity contribution in [2.24, 2.45) is 0 Å². The van der Waals surface area contributed by atoms with Crippen LogP contribution >= 0.6 is 27.3 Å². The van der Waals surface area contributed by atoms with Gasteiger partial charge in [-0.2, -0.15) is 13.2 Å². The lowest BCUT2D eigenvalue weighted by atomic mass is 10.4. The van der Waals surface area contributed by atoms with Crippen molar-refractivity contribution in [3.63, 3.8) is 0 Å². The molecule has 0 N–H and O–H groups in total. The third-order valence-electron chi connectivity index (χ3n) is 2.57. The first-order valence-corrected chi connectivity index (χ1v) is 8.24. The van der Waals surface area contributed by atoms with Gasteiger partial charge in [0, 0.05) is 11.4 Å². The molecule has 0 bridgehead atoms. The lowest BCUT2D eigenvalue weighted by Gasteiger charge is -2.20. The van der Waals surface area contributed by atoms with Crippen LogP contribution in [0.5, 0.6) is 0 Å². The summed E-state index contributed by atoms with van der Waals surface area (Å²) < 4.78 is 61.5. The van der Waals surface area contributed by atoms with Crippen molar-refractivity contribution in [1.82, 2.24) is 4.90 Å². The second-order valence-corrected chi connectivity index (χ2v) is 8.47. The number of nitrogens with zero attached hydrogens (tertiary/aromatic N) is 1. The van der Waals surface area contributed by atoms with E-state index in [-0.39, 0.29) is 16.3 Å². The van der Waals surface area contributed by atoms with E-state index in [1.54, 1.807) is 0 Å². The second-order valence-electron chi connectivity index (χ2n) is 3.88. The van der Waals surface area contributed by atoms with Gasteiger partial charge in [0.2, 0.25) is 0 Å². The summed E-state index contributed by atoms with van der Waals surface area (Å²) in [5.41, 5.74) is 0. The highest BCUT2D eigenvalue weighted by Crippen LogP contribution is 2.34. The number of sulfone groups is 1. The molecule has 1 amide bonds. The number of carbonyl (C=O) groups excluding carboxylic acids is 1. The van der Waals surface area contributed by atoms with E-state index < -0.39 is 34.2 Å². The van der Waals surface area contributed by atoms with Crippen LogP contribution in [0.15, 0.2) is 14.7 Å². The average Bonchev–Trinajstić information content (AvgIpc) is 2.59. The van der Waals surface area contributed by atoms with Crippen molar-refractivity contribution in [2.45, 2.75) is 17.6 Å². The molecule has 0 aromatic carbocycles. The number of fused-ring (bicyclic) bond motifs is 1. The van der Waals surface area contributed by atoms with Crippen molar-refractivity contribution >= 4 is 43.0 Å². The van der Waals surface area contributed by atoms with Crippen LogP contribution in [0.25, 0.3) is 0 Å². The summed E-state index contributed by atoms with van der Waals surface area (Å²) in [5.74, 6) is -2.52. The number of carbonyl (C=O) groups is 1. The van der Waals surface area contributed by atoms with Gasteiger partial charge >= 0.3 is 12.1 Å². The van der Waals surface area contributed by atoms with Crippen LogP contribution in [0.3, 0.4) is 0 Å². The first kappa shape index (κ1) is 14.8. The van der Waals surface area contributed by atoms with Gasteiger partial charge in [-0.15, -0.1) is 11.3 Å². The molecular formula is C9H7BrF3NO3S2. The van der Waals surface area contributed by atoms with Gasteiger partial charge in [0.15, 0.2) is 9.84 Å². The van der Waals surface area contributed by atoms with Gasteiger partial charge in [-0.25, -0.2) is 8.42 Å². The minimum absolute atomic E-state index is 0.00171. The molecule has 0 saturated heterocycles. The zero-order chi connectivity index (χ0) is 14.4. The summed E-state index contributed by atoms with van der Waals surface area (Å²) in [6.07, 6.45) is -5.00. The van der Waals surface area contributed by atoms with E-state index in [2.05, 4.69) is 15.9 Å². The van der Waals surface area contributed by atoms with Crippen LogP contribution in [-0.4, -0.2) is 37.7 Å². The first-order chi connectivity index (χ1) is 8.61. The Kier molecular flexibility index (Phi) is 3.69. The molecule has 1 aromatic heterocycles. The van der Waals surface area contributed by atoms with E-state index in [1.165, 1.54) is 6.07 Å². The molecule has 1 aliphatic heterocycles. The van der Waals surface area contributed by atoms with Gasteiger partial charge in [-0.05, 0) is 22.0 Å². The van der Waals surface area contributed by atoms with Crippen molar-refractivity contribution < 1.29 is 26.4 Å². The summed E-state index contributed by atoms with van der Waals surface area (Å²) >= 11 is 4.11. The van der Waals surface area contributed by atoms with E-state index in [1.807, 2.05) is 0 Å². The van der Waals surface area contributed by atoms with E-state index in [4.69, 9.17) is 0 Å². The highest BCUT2D eigenvalue weighted by Gasteiger charge is 2.44. The maximum absolute atomic E-state index is 12.4. The fourth-order valence-electron chi connectivity index (χ4n) is 1.70. The van der Waals surface area contributed by atoms with Gasteiger partial charge in [0.1, 0.15) is 0 Å². The standard InChI is InChI=1S/C9H7BrF3NO3S2/c10-7-3-6-5(18-7)4-14(1-2-19(6,16)17)8(15)9(11,12)13/h3H,1-2,4H2. The number of halogens is 4. The number of alkyl halides is 3. The molecule has 4 nitrogen and oxygen atoms in total.